The van der Waals surface area contributed by atoms with Crippen molar-refractivity contribution in [1.82, 2.24) is 4.90 Å². The second kappa shape index (κ2) is 7.85. The number of nitrogens with zero attached hydrogens (tertiary/aromatic N) is 1. The van der Waals surface area contributed by atoms with Crippen molar-refractivity contribution in [3.63, 3.8) is 0 Å². The molecule has 0 radical (unpaired) electrons. The predicted octanol–water partition coefficient (Wildman–Crippen LogP) is 1.01. The number of hydrogen-bond donors (Lipinski definition) is 2. The first-order valence-corrected chi connectivity index (χ1v) is 10.4. The molecule has 1 aromatic carbocycles. The van der Waals surface area contributed by atoms with E-state index in [4.69, 9.17) is 0 Å². The average Bonchev–Trinajstić information content (AvgIpc) is 2.89. The van der Waals surface area contributed by atoms with Crippen LogP contribution in [-0.4, -0.2) is 65.7 Å². The van der Waals surface area contributed by atoms with Gasteiger partial charge in [0.25, 0.3) is 5.91 Å². The molecule has 0 spiro atoms. The molecule has 1 heterocycles. The highest BCUT2D eigenvalue weighted by Crippen LogP contribution is 2.21. The molecular formula is C18H27NO5S. The fourth-order valence-electron chi connectivity index (χ4n) is 3.05. The number of carbonyl (C=O) groups is 1. The summed E-state index contributed by atoms with van der Waals surface area (Å²) in [6, 6.07) is 6.78. The van der Waals surface area contributed by atoms with Crippen LogP contribution in [0.3, 0.4) is 0 Å². The van der Waals surface area contributed by atoms with Crippen molar-refractivity contribution < 1.29 is 23.4 Å². The van der Waals surface area contributed by atoms with E-state index in [1.807, 2.05) is 6.07 Å². The molecule has 1 aromatic rings. The lowest BCUT2D eigenvalue weighted by Gasteiger charge is -2.28. The first-order valence-electron chi connectivity index (χ1n) is 8.55. The van der Waals surface area contributed by atoms with Gasteiger partial charge >= 0.3 is 0 Å². The molecule has 0 aromatic heterocycles. The van der Waals surface area contributed by atoms with Crippen molar-refractivity contribution in [2.24, 2.45) is 0 Å². The van der Waals surface area contributed by atoms with E-state index in [0.717, 1.165) is 5.56 Å². The Kier molecular flexibility index (Phi) is 6.24. The standard InChI is InChI=1S/C18H27NO5S/c1-18(2,22)8-6-14-4-3-5-15(12-14)17(21)19(9-10-20)16-7-11-25(23,24)13-16/h3-5,12,16,20,22H,6-11,13H2,1-2H3. The van der Waals surface area contributed by atoms with Gasteiger partial charge in [0, 0.05) is 18.2 Å². The number of benzene rings is 1. The minimum Gasteiger partial charge on any atom is -0.395 e. The summed E-state index contributed by atoms with van der Waals surface area (Å²) in [5, 5.41) is 19.1. The molecule has 2 N–H and O–H groups in total. The number of carbonyl (C=O) groups excluding carboxylic acids is 1. The number of hydrogen-bond acceptors (Lipinski definition) is 5. The van der Waals surface area contributed by atoms with E-state index >= 15 is 0 Å². The van der Waals surface area contributed by atoms with Gasteiger partial charge in [0.2, 0.25) is 0 Å². The molecule has 1 aliphatic heterocycles. The predicted molar refractivity (Wildman–Crippen MR) is 96.2 cm³/mol. The number of rotatable bonds is 7. The molecular weight excluding hydrogens is 342 g/mol. The first-order chi connectivity index (χ1) is 11.6. The fourth-order valence-corrected chi connectivity index (χ4v) is 4.79. The molecule has 6 nitrogen and oxygen atoms in total. The molecule has 1 fully saturated rings. The third-order valence-electron chi connectivity index (χ3n) is 4.45. The number of aliphatic hydroxyl groups excluding tert-OH is 1. The number of sulfone groups is 1. The van der Waals surface area contributed by atoms with Gasteiger partial charge in [0.15, 0.2) is 9.84 Å². The molecule has 2 rings (SSSR count). The highest BCUT2D eigenvalue weighted by atomic mass is 32.2. The molecule has 1 atom stereocenters. The fraction of sp³-hybridized carbons (Fsp3) is 0.611. The number of aryl methyl sites for hydroxylation is 1. The molecule has 1 unspecified atom stereocenters. The zero-order valence-electron chi connectivity index (χ0n) is 14.8. The number of amides is 1. The molecule has 1 amide bonds. The largest absolute Gasteiger partial charge is 0.395 e. The maximum Gasteiger partial charge on any atom is 0.254 e. The van der Waals surface area contributed by atoms with Crippen LogP contribution in [0.4, 0.5) is 0 Å². The highest BCUT2D eigenvalue weighted by Gasteiger charge is 2.34. The van der Waals surface area contributed by atoms with E-state index in [-0.39, 0.29) is 36.6 Å². The second-order valence-electron chi connectivity index (χ2n) is 7.29. The average molecular weight is 369 g/mol. The maximum atomic E-state index is 12.9. The van der Waals surface area contributed by atoms with E-state index in [9.17, 15) is 23.4 Å². The summed E-state index contributed by atoms with van der Waals surface area (Å²) in [6.45, 7) is 3.39. The summed E-state index contributed by atoms with van der Waals surface area (Å²) >= 11 is 0. The topological polar surface area (TPSA) is 94.9 Å². The molecule has 0 bridgehead atoms. The lowest BCUT2D eigenvalue weighted by molar-refractivity contribution is 0.0655. The Balaban J connectivity index is 2.16. The van der Waals surface area contributed by atoms with E-state index in [0.29, 0.717) is 24.8 Å². The molecule has 1 saturated heterocycles. The highest BCUT2D eigenvalue weighted by molar-refractivity contribution is 7.91. The lowest BCUT2D eigenvalue weighted by atomic mass is 9.97. The van der Waals surface area contributed by atoms with Gasteiger partial charge in [0.05, 0.1) is 23.7 Å². The van der Waals surface area contributed by atoms with Crippen LogP contribution in [0.25, 0.3) is 0 Å². The first kappa shape index (κ1) is 19.9. The van der Waals surface area contributed by atoms with Gasteiger partial charge in [0.1, 0.15) is 0 Å². The van der Waals surface area contributed by atoms with Crippen LogP contribution in [-0.2, 0) is 16.3 Å². The van der Waals surface area contributed by atoms with E-state index in [2.05, 4.69) is 0 Å². The van der Waals surface area contributed by atoms with Gasteiger partial charge in [-0.3, -0.25) is 4.79 Å². The summed E-state index contributed by atoms with van der Waals surface area (Å²) < 4.78 is 23.4. The van der Waals surface area contributed by atoms with Gasteiger partial charge in [-0.15, -0.1) is 0 Å². The molecule has 7 heteroatoms. The van der Waals surface area contributed by atoms with Crippen molar-refractivity contribution in [1.29, 1.82) is 0 Å². The van der Waals surface area contributed by atoms with Crippen LogP contribution in [0.15, 0.2) is 24.3 Å². The number of aliphatic hydroxyl groups is 2. The van der Waals surface area contributed by atoms with Gasteiger partial charge in [-0.1, -0.05) is 12.1 Å². The van der Waals surface area contributed by atoms with Crippen LogP contribution >= 0.6 is 0 Å². The van der Waals surface area contributed by atoms with Gasteiger partial charge in [-0.2, -0.15) is 0 Å². The van der Waals surface area contributed by atoms with E-state index < -0.39 is 15.4 Å². The second-order valence-corrected chi connectivity index (χ2v) is 9.52. The Morgan fingerprint density at radius 1 is 1.36 bits per heavy atom. The zero-order valence-corrected chi connectivity index (χ0v) is 15.6. The SMILES string of the molecule is CC(C)(O)CCc1cccc(C(=O)N(CCO)C2CCS(=O)(=O)C2)c1. The third-order valence-corrected chi connectivity index (χ3v) is 6.20. The van der Waals surface area contributed by atoms with Crippen LogP contribution in [0, 0.1) is 0 Å². The normalized spacial score (nSPS) is 19.8. The van der Waals surface area contributed by atoms with Gasteiger partial charge in [-0.05, 0) is 50.8 Å². The molecule has 0 aliphatic carbocycles. The molecule has 0 saturated carbocycles. The van der Waals surface area contributed by atoms with Crippen LogP contribution in [0.1, 0.15) is 42.6 Å². The summed E-state index contributed by atoms with van der Waals surface area (Å²) in [4.78, 5) is 14.3. The van der Waals surface area contributed by atoms with Crippen molar-refractivity contribution in [2.45, 2.75) is 44.8 Å². The third kappa shape index (κ3) is 5.80. The van der Waals surface area contributed by atoms with E-state index in [1.54, 1.807) is 32.0 Å². The minimum absolute atomic E-state index is 0.0445. The quantitative estimate of drug-likeness (QED) is 0.748. The molecule has 140 valence electrons. The summed E-state index contributed by atoms with van der Waals surface area (Å²) in [5.41, 5.74) is 0.642. The summed E-state index contributed by atoms with van der Waals surface area (Å²) in [7, 11) is -3.11. The summed E-state index contributed by atoms with van der Waals surface area (Å²) in [5.74, 6) is -0.225. The van der Waals surface area contributed by atoms with E-state index in [1.165, 1.54) is 4.90 Å². The van der Waals surface area contributed by atoms with Gasteiger partial charge < -0.3 is 15.1 Å². The molecule has 1 aliphatic rings. The Morgan fingerprint density at radius 3 is 2.64 bits per heavy atom. The Morgan fingerprint density at radius 2 is 2.08 bits per heavy atom. The van der Waals surface area contributed by atoms with Crippen molar-refractivity contribution >= 4 is 15.7 Å². The van der Waals surface area contributed by atoms with Crippen molar-refractivity contribution in [3.8, 4) is 0 Å². The molecule has 25 heavy (non-hydrogen) atoms. The summed E-state index contributed by atoms with van der Waals surface area (Å²) in [6.07, 6.45) is 1.63. The zero-order chi connectivity index (χ0) is 18.7. The minimum atomic E-state index is -3.11. The monoisotopic (exact) mass is 369 g/mol. The van der Waals surface area contributed by atoms with Crippen molar-refractivity contribution in [2.75, 3.05) is 24.7 Å². The van der Waals surface area contributed by atoms with Gasteiger partial charge in [-0.25, -0.2) is 8.42 Å². The van der Waals surface area contributed by atoms with Crippen LogP contribution in [0.5, 0.6) is 0 Å². The Labute approximate surface area is 149 Å². The smallest absolute Gasteiger partial charge is 0.254 e. The Hall–Kier alpha value is -1.44. The van der Waals surface area contributed by atoms with Crippen LogP contribution in [0.2, 0.25) is 0 Å². The van der Waals surface area contributed by atoms with Crippen molar-refractivity contribution in [3.05, 3.63) is 35.4 Å². The Bertz CT molecular complexity index is 708. The maximum absolute atomic E-state index is 12.9. The van der Waals surface area contributed by atoms with Crippen LogP contribution < -0.4 is 0 Å². The lowest BCUT2D eigenvalue weighted by Crippen LogP contribution is -2.42.